The van der Waals surface area contributed by atoms with Crippen molar-refractivity contribution in [3.8, 4) is 0 Å². The van der Waals surface area contributed by atoms with Crippen LogP contribution >= 0.6 is 51.3 Å². The monoisotopic (exact) mass is 402 g/mol. The summed E-state index contributed by atoms with van der Waals surface area (Å²) in [5.41, 5.74) is 1.07. The molecule has 0 radical (unpaired) electrons. The van der Waals surface area contributed by atoms with Crippen LogP contribution in [0, 0.1) is 0 Å². The molecule has 108 valence electrons. The lowest BCUT2D eigenvalue weighted by Crippen LogP contribution is -2.34. The Morgan fingerprint density at radius 3 is 2.57 bits per heavy atom. The van der Waals surface area contributed by atoms with E-state index >= 15 is 0 Å². The zero-order valence-electron chi connectivity index (χ0n) is 10.5. The Labute approximate surface area is 145 Å². The molecule has 0 aliphatic carbocycles. The number of carbonyl (C=O) groups excluding carboxylic acids is 1. The van der Waals surface area contributed by atoms with Crippen LogP contribution in [0.4, 0.5) is 5.69 Å². The second-order valence-electron chi connectivity index (χ2n) is 4.04. The number of rotatable bonds is 2. The minimum Gasteiger partial charge on any atom is -0.332 e. The van der Waals surface area contributed by atoms with Gasteiger partial charge in [0.25, 0.3) is 5.91 Å². The van der Waals surface area contributed by atoms with Crippen LogP contribution < -0.4 is 10.6 Å². The maximum Gasteiger partial charge on any atom is 0.258 e. The van der Waals surface area contributed by atoms with Gasteiger partial charge in [0.2, 0.25) is 0 Å². The van der Waals surface area contributed by atoms with Gasteiger partial charge in [0.1, 0.15) is 0 Å². The third-order valence-electron chi connectivity index (χ3n) is 2.49. The average Bonchev–Trinajstić information content (AvgIpc) is 2.38. The van der Waals surface area contributed by atoms with Gasteiger partial charge in [-0.15, -0.1) is 0 Å². The molecule has 21 heavy (non-hydrogen) atoms. The number of halogens is 3. The van der Waals surface area contributed by atoms with Crippen LogP contribution in [-0.2, 0) is 0 Å². The molecule has 0 saturated heterocycles. The summed E-state index contributed by atoms with van der Waals surface area (Å²) in [6, 6.07) is 12.1. The molecule has 2 rings (SSSR count). The smallest absolute Gasteiger partial charge is 0.258 e. The van der Waals surface area contributed by atoms with Crippen molar-refractivity contribution in [2.75, 3.05) is 5.32 Å². The fourth-order valence-electron chi connectivity index (χ4n) is 1.57. The molecule has 0 unspecified atom stereocenters. The topological polar surface area (TPSA) is 41.1 Å². The first-order chi connectivity index (χ1) is 9.95. The third kappa shape index (κ3) is 4.68. The quantitative estimate of drug-likeness (QED) is 0.702. The molecule has 0 aliphatic rings. The van der Waals surface area contributed by atoms with E-state index in [-0.39, 0.29) is 10.1 Å². The van der Waals surface area contributed by atoms with Gasteiger partial charge in [-0.25, -0.2) is 0 Å². The fraction of sp³-hybridized carbons (Fsp3) is 0. The molecule has 0 aliphatic heterocycles. The van der Waals surface area contributed by atoms with E-state index in [1.54, 1.807) is 12.1 Å². The van der Waals surface area contributed by atoms with Gasteiger partial charge in [-0.2, -0.15) is 0 Å². The Morgan fingerprint density at radius 1 is 1.14 bits per heavy atom. The molecule has 0 atom stereocenters. The first kappa shape index (κ1) is 16.2. The number of nitrogens with one attached hydrogen (secondary N) is 2. The van der Waals surface area contributed by atoms with Crippen molar-refractivity contribution in [1.82, 2.24) is 5.32 Å². The minimum absolute atomic E-state index is 0.184. The molecular formula is C14H9BrCl2N2OS. The van der Waals surface area contributed by atoms with E-state index in [0.29, 0.717) is 10.6 Å². The average molecular weight is 404 g/mol. The van der Waals surface area contributed by atoms with Crippen LogP contribution in [0.3, 0.4) is 0 Å². The largest absolute Gasteiger partial charge is 0.332 e. The van der Waals surface area contributed by atoms with Crippen molar-refractivity contribution in [2.45, 2.75) is 0 Å². The molecule has 2 N–H and O–H groups in total. The second kappa shape index (κ2) is 7.22. The SMILES string of the molecule is O=C(NC(=S)Nc1cccc(Br)c1)c1ccc(Cl)cc1Cl. The Hall–Kier alpha value is -1.14. The van der Waals surface area contributed by atoms with Gasteiger partial charge in [-0.3, -0.25) is 10.1 Å². The number of hydrogen-bond acceptors (Lipinski definition) is 2. The van der Waals surface area contributed by atoms with Gasteiger partial charge >= 0.3 is 0 Å². The number of carbonyl (C=O) groups is 1. The van der Waals surface area contributed by atoms with Crippen molar-refractivity contribution in [1.29, 1.82) is 0 Å². The van der Waals surface area contributed by atoms with E-state index < -0.39 is 5.91 Å². The van der Waals surface area contributed by atoms with Gasteiger partial charge < -0.3 is 5.32 Å². The summed E-state index contributed by atoms with van der Waals surface area (Å²) >= 11 is 20.2. The summed E-state index contributed by atoms with van der Waals surface area (Å²) < 4.78 is 0.905. The van der Waals surface area contributed by atoms with Crippen LogP contribution in [-0.4, -0.2) is 11.0 Å². The lowest BCUT2D eigenvalue weighted by Gasteiger charge is -2.10. The zero-order chi connectivity index (χ0) is 15.4. The highest BCUT2D eigenvalue weighted by Gasteiger charge is 2.12. The molecule has 0 fully saturated rings. The molecule has 1 amide bonds. The highest BCUT2D eigenvalue weighted by Crippen LogP contribution is 2.21. The van der Waals surface area contributed by atoms with E-state index in [4.69, 9.17) is 35.4 Å². The van der Waals surface area contributed by atoms with E-state index in [1.165, 1.54) is 6.07 Å². The van der Waals surface area contributed by atoms with Gasteiger partial charge in [-0.05, 0) is 48.6 Å². The van der Waals surface area contributed by atoms with E-state index in [2.05, 4.69) is 26.6 Å². The lowest BCUT2D eigenvalue weighted by atomic mass is 10.2. The first-order valence-corrected chi connectivity index (χ1v) is 7.74. The van der Waals surface area contributed by atoms with Crippen molar-refractivity contribution >= 4 is 68.1 Å². The molecule has 7 heteroatoms. The summed E-state index contributed by atoms with van der Waals surface area (Å²) in [5.74, 6) is -0.399. The van der Waals surface area contributed by atoms with E-state index in [1.807, 2.05) is 24.3 Å². The van der Waals surface area contributed by atoms with Crippen molar-refractivity contribution in [3.63, 3.8) is 0 Å². The summed E-state index contributed by atoms with van der Waals surface area (Å²) in [5, 5.41) is 6.39. The van der Waals surface area contributed by atoms with Crippen LogP contribution in [0.5, 0.6) is 0 Å². The molecular weight excluding hydrogens is 395 g/mol. The predicted octanol–water partition coefficient (Wildman–Crippen LogP) is 4.88. The normalized spacial score (nSPS) is 10.0. The molecule has 2 aromatic carbocycles. The van der Waals surface area contributed by atoms with Crippen molar-refractivity contribution in [3.05, 3.63) is 62.5 Å². The third-order valence-corrected chi connectivity index (χ3v) is 3.73. The summed E-state index contributed by atoms with van der Waals surface area (Å²) in [6.07, 6.45) is 0. The Kier molecular flexibility index (Phi) is 5.58. The summed E-state index contributed by atoms with van der Waals surface area (Å²) in [7, 11) is 0. The van der Waals surface area contributed by atoms with Gasteiger partial charge in [0, 0.05) is 15.2 Å². The molecule has 0 heterocycles. The molecule has 0 spiro atoms. The second-order valence-corrected chi connectivity index (χ2v) is 6.21. The maximum absolute atomic E-state index is 12.1. The molecule has 0 bridgehead atoms. The van der Waals surface area contributed by atoms with Crippen LogP contribution in [0.1, 0.15) is 10.4 Å². The number of anilines is 1. The molecule has 3 nitrogen and oxygen atoms in total. The van der Waals surface area contributed by atoms with Crippen LogP contribution in [0.2, 0.25) is 10.0 Å². The van der Waals surface area contributed by atoms with Gasteiger partial charge in [0.05, 0.1) is 10.6 Å². The molecule has 0 aromatic heterocycles. The molecule has 2 aromatic rings. The van der Waals surface area contributed by atoms with Crippen LogP contribution in [0.25, 0.3) is 0 Å². The summed E-state index contributed by atoms with van der Waals surface area (Å²) in [4.78, 5) is 12.1. The summed E-state index contributed by atoms with van der Waals surface area (Å²) in [6.45, 7) is 0. The first-order valence-electron chi connectivity index (χ1n) is 5.78. The highest BCUT2D eigenvalue weighted by molar-refractivity contribution is 9.10. The number of thiocarbonyl (C=S) groups is 1. The highest BCUT2D eigenvalue weighted by atomic mass is 79.9. The van der Waals surface area contributed by atoms with E-state index in [0.717, 1.165) is 10.2 Å². The number of amides is 1. The lowest BCUT2D eigenvalue weighted by molar-refractivity contribution is 0.0978. The standard InChI is InChI=1S/C14H9BrCl2N2OS/c15-8-2-1-3-10(6-8)18-14(21)19-13(20)11-5-4-9(16)7-12(11)17/h1-7H,(H2,18,19,20,21). The van der Waals surface area contributed by atoms with Crippen LogP contribution in [0.15, 0.2) is 46.9 Å². The predicted molar refractivity (Wildman–Crippen MR) is 94.3 cm³/mol. The minimum atomic E-state index is -0.399. The fourth-order valence-corrected chi connectivity index (χ4v) is 2.68. The Balaban J connectivity index is 2.04. The number of benzene rings is 2. The van der Waals surface area contributed by atoms with Crippen molar-refractivity contribution < 1.29 is 4.79 Å². The Morgan fingerprint density at radius 2 is 1.90 bits per heavy atom. The maximum atomic E-state index is 12.1. The molecule has 0 saturated carbocycles. The van der Waals surface area contributed by atoms with Gasteiger partial charge in [0.15, 0.2) is 5.11 Å². The number of hydrogen-bond donors (Lipinski definition) is 2. The van der Waals surface area contributed by atoms with Gasteiger partial charge in [-0.1, -0.05) is 45.2 Å². The van der Waals surface area contributed by atoms with E-state index in [9.17, 15) is 4.79 Å². The Bertz CT molecular complexity index is 709. The van der Waals surface area contributed by atoms with Crippen molar-refractivity contribution in [2.24, 2.45) is 0 Å². The zero-order valence-corrected chi connectivity index (χ0v) is 14.4.